The van der Waals surface area contributed by atoms with E-state index >= 15 is 0 Å². The summed E-state index contributed by atoms with van der Waals surface area (Å²) >= 11 is 0. The van der Waals surface area contributed by atoms with Gasteiger partial charge in [-0.2, -0.15) is 0 Å². The molecule has 1 amide bonds. The van der Waals surface area contributed by atoms with Gasteiger partial charge in [0.2, 0.25) is 5.95 Å². The van der Waals surface area contributed by atoms with Crippen molar-refractivity contribution in [1.29, 1.82) is 0 Å². The summed E-state index contributed by atoms with van der Waals surface area (Å²) in [6.45, 7) is 0. The van der Waals surface area contributed by atoms with E-state index < -0.39 is 35.1 Å². The van der Waals surface area contributed by atoms with Crippen LogP contribution in [0.25, 0.3) is 5.76 Å². The van der Waals surface area contributed by atoms with Gasteiger partial charge in [-0.15, -0.1) is 0 Å². The Morgan fingerprint density at radius 2 is 1.45 bits per heavy atom. The highest BCUT2D eigenvalue weighted by Gasteiger charge is 2.48. The molecule has 4 rings (SSSR count). The predicted molar refractivity (Wildman–Crippen MR) is 99.6 cm³/mol. The number of benzene rings is 2. The van der Waals surface area contributed by atoms with Crippen LogP contribution in [0.3, 0.4) is 0 Å². The van der Waals surface area contributed by atoms with Crippen LogP contribution in [0.4, 0.5) is 14.7 Å². The van der Waals surface area contributed by atoms with Crippen molar-refractivity contribution in [3.63, 3.8) is 0 Å². The number of halogens is 2. The van der Waals surface area contributed by atoms with Crippen molar-refractivity contribution in [1.82, 2.24) is 9.97 Å². The topological polar surface area (TPSA) is 83.4 Å². The van der Waals surface area contributed by atoms with Gasteiger partial charge >= 0.3 is 5.91 Å². The Morgan fingerprint density at radius 3 is 2.03 bits per heavy atom. The fourth-order valence-electron chi connectivity index (χ4n) is 3.18. The number of hydrogen-bond donors (Lipinski definition) is 1. The summed E-state index contributed by atoms with van der Waals surface area (Å²) in [6, 6.07) is 10.5. The van der Waals surface area contributed by atoms with E-state index in [1.54, 1.807) is 6.07 Å². The maximum Gasteiger partial charge on any atom is 0.302 e. The highest BCUT2D eigenvalue weighted by molar-refractivity contribution is 6.51. The Morgan fingerprint density at radius 1 is 0.897 bits per heavy atom. The number of nitrogens with zero attached hydrogens (tertiary/aromatic N) is 3. The largest absolute Gasteiger partial charge is 0.507 e. The minimum absolute atomic E-state index is 0.0397. The molecule has 8 heteroatoms. The monoisotopic (exact) mass is 393 g/mol. The van der Waals surface area contributed by atoms with Crippen molar-refractivity contribution in [2.24, 2.45) is 0 Å². The van der Waals surface area contributed by atoms with E-state index in [1.807, 2.05) is 0 Å². The zero-order valence-electron chi connectivity index (χ0n) is 14.8. The average Bonchev–Trinajstić information content (AvgIpc) is 3.00. The smallest absolute Gasteiger partial charge is 0.302 e. The molecule has 1 fully saturated rings. The van der Waals surface area contributed by atoms with E-state index in [4.69, 9.17) is 0 Å². The molecule has 1 saturated heterocycles. The Hall–Kier alpha value is -3.94. The molecule has 0 radical (unpaired) electrons. The maximum absolute atomic E-state index is 13.4. The van der Waals surface area contributed by atoms with E-state index in [1.165, 1.54) is 48.8 Å². The van der Waals surface area contributed by atoms with Gasteiger partial charge in [-0.3, -0.25) is 14.5 Å². The number of Topliss-reactive ketones (excluding diaryl/α,β-unsaturated/α-hetero) is 1. The van der Waals surface area contributed by atoms with Crippen LogP contribution in [0.5, 0.6) is 0 Å². The molecule has 144 valence electrons. The van der Waals surface area contributed by atoms with Gasteiger partial charge in [0.25, 0.3) is 5.78 Å². The number of amides is 1. The molecule has 2 heterocycles. The quantitative estimate of drug-likeness (QED) is 0.419. The number of aliphatic hydroxyl groups is 1. The summed E-state index contributed by atoms with van der Waals surface area (Å²) in [4.78, 5) is 34.7. The SMILES string of the molecule is O=C1C(=O)N(c2ncccn2)C(c2ccc(F)cc2)/C1=C(/O)c1ccc(F)cc1. The van der Waals surface area contributed by atoms with Crippen LogP contribution in [0, 0.1) is 11.6 Å². The van der Waals surface area contributed by atoms with Crippen LogP contribution in [0.2, 0.25) is 0 Å². The minimum Gasteiger partial charge on any atom is -0.507 e. The van der Waals surface area contributed by atoms with Gasteiger partial charge in [0.1, 0.15) is 17.4 Å². The number of anilines is 1. The van der Waals surface area contributed by atoms with Gasteiger partial charge in [-0.1, -0.05) is 12.1 Å². The number of aliphatic hydroxyl groups excluding tert-OH is 1. The minimum atomic E-state index is -1.08. The van der Waals surface area contributed by atoms with Gasteiger partial charge < -0.3 is 5.11 Å². The highest BCUT2D eigenvalue weighted by atomic mass is 19.1. The van der Waals surface area contributed by atoms with E-state index in [9.17, 15) is 23.5 Å². The first-order chi connectivity index (χ1) is 14.0. The number of aromatic nitrogens is 2. The zero-order chi connectivity index (χ0) is 20.5. The van der Waals surface area contributed by atoms with Crippen LogP contribution >= 0.6 is 0 Å². The molecule has 6 nitrogen and oxygen atoms in total. The molecule has 1 aliphatic rings. The van der Waals surface area contributed by atoms with Gasteiger partial charge in [-0.25, -0.2) is 18.7 Å². The summed E-state index contributed by atoms with van der Waals surface area (Å²) in [6.07, 6.45) is 2.81. The molecule has 0 saturated carbocycles. The first kappa shape index (κ1) is 18.4. The lowest BCUT2D eigenvalue weighted by Crippen LogP contribution is -2.31. The summed E-state index contributed by atoms with van der Waals surface area (Å²) in [5.74, 6) is -3.42. The molecule has 2 aromatic carbocycles. The summed E-state index contributed by atoms with van der Waals surface area (Å²) < 4.78 is 26.7. The summed E-state index contributed by atoms with van der Waals surface area (Å²) in [7, 11) is 0. The van der Waals surface area contributed by atoms with Crippen LogP contribution in [-0.2, 0) is 9.59 Å². The number of carbonyl (C=O) groups is 2. The average molecular weight is 393 g/mol. The van der Waals surface area contributed by atoms with E-state index in [-0.39, 0.29) is 17.1 Å². The number of rotatable bonds is 3. The van der Waals surface area contributed by atoms with Crippen LogP contribution in [0.1, 0.15) is 17.2 Å². The third-order valence-corrected chi connectivity index (χ3v) is 4.52. The molecule has 1 atom stereocenters. The molecule has 0 spiro atoms. The summed E-state index contributed by atoms with van der Waals surface area (Å²) in [5.41, 5.74) is 0.313. The predicted octanol–water partition coefficient (Wildman–Crippen LogP) is 3.38. The molecule has 29 heavy (non-hydrogen) atoms. The Labute approximate surface area is 163 Å². The second-order valence-electron chi connectivity index (χ2n) is 6.28. The van der Waals surface area contributed by atoms with Crippen LogP contribution < -0.4 is 4.90 Å². The molecular formula is C21H13F2N3O3. The molecule has 3 aromatic rings. The van der Waals surface area contributed by atoms with Gasteiger partial charge in [0, 0.05) is 18.0 Å². The first-order valence-electron chi connectivity index (χ1n) is 8.57. The molecule has 1 aliphatic heterocycles. The van der Waals surface area contributed by atoms with Gasteiger partial charge in [-0.05, 0) is 48.0 Å². The Balaban J connectivity index is 1.94. The molecule has 0 bridgehead atoms. The maximum atomic E-state index is 13.4. The molecule has 0 aliphatic carbocycles. The van der Waals surface area contributed by atoms with Crippen molar-refractivity contribution in [3.05, 3.63) is 95.3 Å². The molecule has 1 N–H and O–H groups in total. The Bertz CT molecular complexity index is 1110. The number of ketones is 1. The third-order valence-electron chi connectivity index (χ3n) is 4.52. The third kappa shape index (κ3) is 3.25. The van der Waals surface area contributed by atoms with Gasteiger partial charge in [0.05, 0.1) is 11.6 Å². The fraction of sp³-hybridized carbons (Fsp3) is 0.0476. The lowest BCUT2D eigenvalue weighted by atomic mass is 9.95. The number of carbonyl (C=O) groups excluding carboxylic acids is 2. The molecule has 1 aromatic heterocycles. The van der Waals surface area contributed by atoms with Crippen molar-refractivity contribution in [2.45, 2.75) is 6.04 Å². The van der Waals surface area contributed by atoms with Crippen molar-refractivity contribution in [2.75, 3.05) is 4.90 Å². The van der Waals surface area contributed by atoms with Crippen molar-refractivity contribution in [3.8, 4) is 0 Å². The van der Waals surface area contributed by atoms with Crippen LogP contribution in [-0.4, -0.2) is 26.8 Å². The zero-order valence-corrected chi connectivity index (χ0v) is 14.8. The second kappa shape index (κ2) is 7.23. The Kier molecular flexibility index (Phi) is 4.59. The lowest BCUT2D eigenvalue weighted by molar-refractivity contribution is -0.132. The second-order valence-corrected chi connectivity index (χ2v) is 6.28. The number of hydrogen-bond acceptors (Lipinski definition) is 5. The molecule has 1 unspecified atom stereocenters. The van der Waals surface area contributed by atoms with Gasteiger partial charge in [0.15, 0.2) is 0 Å². The van der Waals surface area contributed by atoms with Crippen LogP contribution in [0.15, 0.2) is 72.6 Å². The standard InChI is InChI=1S/C21H13F2N3O3/c22-14-6-2-12(3-7-14)17-16(18(27)13-4-8-15(23)9-5-13)19(28)20(29)26(17)21-24-10-1-11-25-21/h1-11,17,27H/b18-16-. The van der Waals surface area contributed by atoms with Crippen molar-refractivity contribution >= 4 is 23.4 Å². The molecular weight excluding hydrogens is 380 g/mol. The van der Waals surface area contributed by atoms with E-state index in [0.29, 0.717) is 5.56 Å². The van der Waals surface area contributed by atoms with Crippen molar-refractivity contribution < 1.29 is 23.5 Å². The lowest BCUT2D eigenvalue weighted by Gasteiger charge is -2.23. The highest BCUT2D eigenvalue weighted by Crippen LogP contribution is 2.40. The fourth-order valence-corrected chi connectivity index (χ4v) is 3.18. The van der Waals surface area contributed by atoms with E-state index in [0.717, 1.165) is 17.0 Å². The van der Waals surface area contributed by atoms with E-state index in [2.05, 4.69) is 9.97 Å². The summed E-state index contributed by atoms with van der Waals surface area (Å²) in [5, 5.41) is 10.8. The normalized spacial score (nSPS) is 18.3. The first-order valence-corrected chi connectivity index (χ1v) is 8.57.